The second-order valence-corrected chi connectivity index (χ2v) is 10.9. The van der Waals surface area contributed by atoms with Crippen LogP contribution < -0.4 is 26.9 Å². The minimum Gasteiger partial charge on any atom is -0.497 e. The largest absolute Gasteiger partial charge is 0.497 e. The van der Waals surface area contributed by atoms with Crippen LogP contribution in [0.5, 0.6) is 5.75 Å². The van der Waals surface area contributed by atoms with E-state index in [1.165, 1.54) is 5.57 Å². The summed E-state index contributed by atoms with van der Waals surface area (Å²) < 4.78 is 11.1. The van der Waals surface area contributed by atoms with Crippen molar-refractivity contribution in [2.45, 2.75) is 57.7 Å². The number of alkyl carbamates (subject to hydrolysis) is 1. The van der Waals surface area contributed by atoms with Gasteiger partial charge in [0.25, 0.3) is 0 Å². The van der Waals surface area contributed by atoms with Crippen LogP contribution in [0.1, 0.15) is 59.9 Å². The number of methoxy groups -OCH3 is 1. The van der Waals surface area contributed by atoms with E-state index in [2.05, 4.69) is 59.3 Å². The van der Waals surface area contributed by atoms with E-state index in [-0.39, 0.29) is 18.1 Å². The lowest BCUT2D eigenvalue weighted by molar-refractivity contribution is 0.0823. The molecule has 3 aromatic carbocycles. The highest BCUT2D eigenvalue weighted by Crippen LogP contribution is 2.38. The molecule has 2 aliphatic rings. The Morgan fingerprint density at radius 1 is 0.881 bits per heavy atom. The van der Waals surface area contributed by atoms with Crippen molar-refractivity contribution < 1.29 is 14.3 Å². The van der Waals surface area contributed by atoms with E-state index < -0.39 is 0 Å². The van der Waals surface area contributed by atoms with E-state index in [0.29, 0.717) is 19.6 Å². The Bertz CT molecular complexity index is 1400. The Kier molecular flexibility index (Phi) is 9.90. The normalized spacial score (nSPS) is 18.6. The lowest BCUT2D eigenvalue weighted by Gasteiger charge is -2.33. The van der Waals surface area contributed by atoms with E-state index >= 15 is 0 Å². The van der Waals surface area contributed by atoms with Crippen LogP contribution in [0, 0.1) is 5.92 Å². The summed E-state index contributed by atoms with van der Waals surface area (Å²) in [6.45, 7) is 1.53. The summed E-state index contributed by atoms with van der Waals surface area (Å²) in [4.78, 5) is 12.7. The summed E-state index contributed by atoms with van der Waals surface area (Å²) >= 11 is 0. The Morgan fingerprint density at radius 3 is 2.17 bits per heavy atom. The SMILES string of the molecule is COc1ccc(CCNC(=O)OC2CCCC3=C(c4ccc(CN)cc4)NN=C(c4ccc(CN)cc4)C3CC2)cc1. The number of benzene rings is 3. The Morgan fingerprint density at radius 2 is 1.52 bits per heavy atom. The first kappa shape index (κ1) is 29.4. The van der Waals surface area contributed by atoms with E-state index in [1.54, 1.807) is 7.11 Å². The minimum absolute atomic E-state index is 0.115. The van der Waals surface area contributed by atoms with Crippen LogP contribution in [-0.4, -0.2) is 31.6 Å². The molecule has 0 radical (unpaired) electrons. The first-order valence-corrected chi connectivity index (χ1v) is 14.8. The predicted molar refractivity (Wildman–Crippen MR) is 167 cm³/mol. The molecule has 0 spiro atoms. The number of allylic oxidation sites excluding steroid dienone is 1. The molecule has 0 saturated heterocycles. The number of hydrogen-bond acceptors (Lipinski definition) is 7. The highest BCUT2D eigenvalue weighted by Gasteiger charge is 2.32. The lowest BCUT2D eigenvalue weighted by atomic mass is 9.78. The third kappa shape index (κ3) is 7.19. The number of amides is 1. The fraction of sp³-hybridized carbons (Fsp3) is 0.353. The number of hydrogen-bond donors (Lipinski definition) is 4. The molecule has 1 heterocycles. The third-order valence-electron chi connectivity index (χ3n) is 8.19. The highest BCUT2D eigenvalue weighted by molar-refractivity contribution is 6.06. The molecule has 220 valence electrons. The van der Waals surface area contributed by atoms with Gasteiger partial charge in [0.1, 0.15) is 11.9 Å². The van der Waals surface area contributed by atoms with Crippen molar-refractivity contribution in [2.24, 2.45) is 22.5 Å². The molecule has 42 heavy (non-hydrogen) atoms. The maximum Gasteiger partial charge on any atom is 0.407 e. The van der Waals surface area contributed by atoms with Gasteiger partial charge in [-0.3, -0.25) is 5.43 Å². The van der Waals surface area contributed by atoms with E-state index in [4.69, 9.17) is 26.0 Å². The van der Waals surface area contributed by atoms with Crippen LogP contribution in [0.4, 0.5) is 4.79 Å². The number of carbonyl (C=O) groups is 1. The van der Waals surface area contributed by atoms with Crippen LogP contribution in [0.25, 0.3) is 5.70 Å². The number of nitrogens with zero attached hydrogens (tertiary/aromatic N) is 1. The zero-order valence-corrected chi connectivity index (χ0v) is 24.3. The molecule has 1 amide bonds. The van der Waals surface area contributed by atoms with Gasteiger partial charge in [-0.15, -0.1) is 0 Å². The van der Waals surface area contributed by atoms with Gasteiger partial charge in [-0.2, -0.15) is 5.10 Å². The predicted octanol–water partition coefficient (Wildman–Crippen LogP) is 5.25. The molecule has 5 rings (SSSR count). The van der Waals surface area contributed by atoms with Crippen LogP contribution >= 0.6 is 0 Å². The van der Waals surface area contributed by atoms with Crippen LogP contribution in [-0.2, 0) is 24.2 Å². The maximum atomic E-state index is 12.7. The van der Waals surface area contributed by atoms with Gasteiger partial charge < -0.3 is 26.3 Å². The molecule has 8 heteroatoms. The van der Waals surface area contributed by atoms with Crippen molar-refractivity contribution in [3.8, 4) is 5.75 Å². The zero-order valence-electron chi connectivity index (χ0n) is 24.3. The fourth-order valence-corrected chi connectivity index (χ4v) is 5.78. The first-order chi connectivity index (χ1) is 20.6. The Hall–Kier alpha value is -4.14. The van der Waals surface area contributed by atoms with Gasteiger partial charge in [0.05, 0.1) is 18.5 Å². The Balaban J connectivity index is 1.27. The number of ether oxygens (including phenoxy) is 2. The standard InChI is InChI=1S/C34H41N5O3/c1-41-28-15-9-23(10-16-28)19-20-37-34(40)42-29-3-2-4-30-31(18-17-29)33(27-13-7-25(22-36)8-14-27)39-38-32(30)26-11-5-24(21-35)6-12-26/h5-16,29,31,38H,2-4,17-22,35-36H2,1H3,(H,37,40). The number of rotatable bonds is 9. The van der Waals surface area contributed by atoms with Gasteiger partial charge in [0, 0.05) is 25.6 Å². The summed E-state index contributed by atoms with van der Waals surface area (Å²) in [6, 6.07) is 24.6. The molecule has 8 nitrogen and oxygen atoms in total. The van der Waals surface area contributed by atoms with E-state index in [9.17, 15) is 4.79 Å². The van der Waals surface area contributed by atoms with Crippen molar-refractivity contribution in [2.75, 3.05) is 13.7 Å². The molecule has 0 aromatic heterocycles. The minimum atomic E-state index is -0.359. The van der Waals surface area contributed by atoms with Crippen LogP contribution in [0.3, 0.4) is 0 Å². The quantitative estimate of drug-likeness (QED) is 0.280. The van der Waals surface area contributed by atoms with E-state index in [1.807, 2.05) is 24.3 Å². The number of hydrazone groups is 1. The molecule has 1 fully saturated rings. The van der Waals surface area contributed by atoms with E-state index in [0.717, 1.165) is 83.5 Å². The first-order valence-electron chi connectivity index (χ1n) is 14.8. The van der Waals surface area contributed by atoms with Crippen molar-refractivity contribution in [1.82, 2.24) is 10.7 Å². The lowest BCUT2D eigenvalue weighted by Crippen LogP contribution is -2.34. The van der Waals surface area contributed by atoms with Crippen molar-refractivity contribution in [1.29, 1.82) is 0 Å². The van der Waals surface area contributed by atoms with Crippen molar-refractivity contribution >= 4 is 17.5 Å². The molecule has 2 unspecified atom stereocenters. The molecule has 1 aliphatic heterocycles. The average Bonchev–Trinajstić information content (AvgIpc) is 3.02. The molecule has 6 N–H and O–H groups in total. The van der Waals surface area contributed by atoms with Crippen LogP contribution in [0.15, 0.2) is 83.5 Å². The number of fused-ring (bicyclic) bond motifs is 1. The summed E-state index contributed by atoms with van der Waals surface area (Å²) in [5.41, 5.74) is 24.0. The van der Waals surface area contributed by atoms with Gasteiger partial charge >= 0.3 is 6.09 Å². The molecular formula is C34H41N5O3. The van der Waals surface area contributed by atoms with Crippen molar-refractivity contribution in [3.63, 3.8) is 0 Å². The average molecular weight is 568 g/mol. The smallest absolute Gasteiger partial charge is 0.407 e. The zero-order chi connectivity index (χ0) is 29.3. The van der Waals surface area contributed by atoms with Gasteiger partial charge in [0.15, 0.2) is 0 Å². The van der Waals surface area contributed by atoms with Gasteiger partial charge in [-0.05, 0) is 84.0 Å². The van der Waals surface area contributed by atoms with Crippen molar-refractivity contribution in [3.05, 3.63) is 106 Å². The summed E-state index contributed by atoms with van der Waals surface area (Å²) in [5.74, 6) is 0.934. The van der Waals surface area contributed by atoms with Crippen LogP contribution in [0.2, 0.25) is 0 Å². The molecule has 1 aliphatic carbocycles. The number of carbonyl (C=O) groups excluding carboxylic acids is 1. The molecular weight excluding hydrogens is 526 g/mol. The molecule has 1 saturated carbocycles. The van der Waals surface area contributed by atoms with Gasteiger partial charge in [0.2, 0.25) is 0 Å². The second kappa shape index (κ2) is 14.2. The number of nitrogens with one attached hydrogen (secondary N) is 2. The molecule has 2 atom stereocenters. The summed E-state index contributed by atoms with van der Waals surface area (Å²) in [6.07, 6.45) is 4.45. The highest BCUT2D eigenvalue weighted by atomic mass is 16.6. The monoisotopic (exact) mass is 567 g/mol. The number of nitrogens with two attached hydrogens (primary N) is 2. The third-order valence-corrected chi connectivity index (χ3v) is 8.19. The fourth-order valence-electron chi connectivity index (χ4n) is 5.78. The van der Waals surface area contributed by atoms with Gasteiger partial charge in [-0.25, -0.2) is 4.79 Å². The molecule has 3 aromatic rings. The topological polar surface area (TPSA) is 124 Å². The van der Waals surface area contributed by atoms with Gasteiger partial charge in [-0.1, -0.05) is 60.7 Å². The maximum absolute atomic E-state index is 12.7. The second-order valence-electron chi connectivity index (χ2n) is 10.9. The summed E-state index contributed by atoms with van der Waals surface area (Å²) in [5, 5.41) is 7.83. The summed E-state index contributed by atoms with van der Waals surface area (Å²) in [7, 11) is 1.65. The Labute approximate surface area is 248 Å². The molecule has 0 bridgehead atoms.